The molecule has 0 N–H and O–H groups in total. The molecule has 20 heavy (non-hydrogen) atoms. The molecule has 1 aliphatic heterocycles. The molecule has 110 valence electrons. The minimum absolute atomic E-state index is 0.174. The average molecular weight is 292 g/mol. The molecule has 0 bridgehead atoms. The van der Waals surface area contributed by atoms with E-state index in [1.807, 2.05) is 23.1 Å². The second kappa shape index (κ2) is 7.70. The van der Waals surface area contributed by atoms with Crippen molar-refractivity contribution in [3.63, 3.8) is 0 Å². The summed E-state index contributed by atoms with van der Waals surface area (Å²) in [4.78, 5) is 16.8. The lowest BCUT2D eigenvalue weighted by atomic mass is 10.1. The molecule has 0 saturated carbocycles. The number of nitrogens with zero attached hydrogens (tertiary/aromatic N) is 2. The smallest absolute Gasteiger partial charge is 0.235 e. The predicted octanol–water partition coefficient (Wildman–Crippen LogP) is 2.08. The van der Waals surface area contributed by atoms with Crippen molar-refractivity contribution in [2.24, 2.45) is 0 Å². The Bertz CT molecular complexity index is 416. The highest BCUT2D eigenvalue weighted by atomic mass is 32.1. The van der Waals surface area contributed by atoms with Gasteiger partial charge in [-0.1, -0.05) is 37.3 Å². The first-order valence-corrected chi connectivity index (χ1v) is 7.95. The largest absolute Gasteiger partial charge is 0.339 e. The Labute approximate surface area is 127 Å². The van der Waals surface area contributed by atoms with E-state index in [0.29, 0.717) is 6.42 Å². The van der Waals surface area contributed by atoms with E-state index in [0.717, 1.165) is 32.7 Å². The molecule has 0 aromatic heterocycles. The van der Waals surface area contributed by atoms with E-state index in [1.165, 1.54) is 12.0 Å². The first kappa shape index (κ1) is 15.4. The van der Waals surface area contributed by atoms with Crippen LogP contribution < -0.4 is 0 Å². The van der Waals surface area contributed by atoms with Gasteiger partial charge in [-0.2, -0.15) is 12.6 Å². The van der Waals surface area contributed by atoms with Crippen molar-refractivity contribution in [3.8, 4) is 0 Å². The number of hydrogen-bond acceptors (Lipinski definition) is 3. The highest BCUT2D eigenvalue weighted by molar-refractivity contribution is 7.81. The van der Waals surface area contributed by atoms with Crippen molar-refractivity contribution < 1.29 is 4.79 Å². The van der Waals surface area contributed by atoms with E-state index in [4.69, 9.17) is 0 Å². The Morgan fingerprint density at radius 1 is 1.20 bits per heavy atom. The number of piperazine rings is 1. The molecule has 1 fully saturated rings. The number of benzene rings is 1. The van der Waals surface area contributed by atoms with Gasteiger partial charge in [-0.25, -0.2) is 0 Å². The van der Waals surface area contributed by atoms with Gasteiger partial charge in [0.1, 0.15) is 0 Å². The van der Waals surface area contributed by atoms with Gasteiger partial charge in [0.15, 0.2) is 0 Å². The topological polar surface area (TPSA) is 23.6 Å². The third-order valence-electron chi connectivity index (χ3n) is 3.78. The molecule has 1 aromatic carbocycles. The predicted molar refractivity (Wildman–Crippen MR) is 86.2 cm³/mol. The molecule has 1 aromatic rings. The van der Waals surface area contributed by atoms with Crippen LogP contribution in [0.5, 0.6) is 0 Å². The van der Waals surface area contributed by atoms with Crippen LogP contribution in [0.4, 0.5) is 0 Å². The summed E-state index contributed by atoms with van der Waals surface area (Å²) in [5.74, 6) is 0.174. The SMILES string of the molecule is CCCN1CCN(C(=O)C(S)Cc2ccccc2)CC1. The van der Waals surface area contributed by atoms with Gasteiger partial charge in [0.25, 0.3) is 0 Å². The molecule has 1 heterocycles. The Morgan fingerprint density at radius 3 is 2.45 bits per heavy atom. The number of rotatable bonds is 5. The summed E-state index contributed by atoms with van der Waals surface area (Å²) in [5.41, 5.74) is 1.17. The van der Waals surface area contributed by atoms with Gasteiger partial charge in [0.2, 0.25) is 5.91 Å². The van der Waals surface area contributed by atoms with Crippen LogP contribution in [0.15, 0.2) is 30.3 Å². The van der Waals surface area contributed by atoms with Crippen LogP contribution in [0.2, 0.25) is 0 Å². The molecule has 2 rings (SSSR count). The van der Waals surface area contributed by atoms with E-state index in [9.17, 15) is 4.79 Å². The fourth-order valence-electron chi connectivity index (χ4n) is 2.64. The maximum atomic E-state index is 12.4. The highest BCUT2D eigenvalue weighted by Crippen LogP contribution is 2.12. The Balaban J connectivity index is 1.82. The van der Waals surface area contributed by atoms with Gasteiger partial charge < -0.3 is 4.90 Å². The molecular weight excluding hydrogens is 268 g/mol. The summed E-state index contributed by atoms with van der Waals surface area (Å²) in [5, 5.41) is -0.227. The van der Waals surface area contributed by atoms with Crippen molar-refractivity contribution >= 4 is 18.5 Å². The summed E-state index contributed by atoms with van der Waals surface area (Å²) in [7, 11) is 0. The maximum absolute atomic E-state index is 12.4. The van der Waals surface area contributed by atoms with Crippen LogP contribution in [0.25, 0.3) is 0 Å². The summed E-state index contributed by atoms with van der Waals surface area (Å²) in [6, 6.07) is 10.1. The van der Waals surface area contributed by atoms with E-state index in [2.05, 4.69) is 36.6 Å². The van der Waals surface area contributed by atoms with Crippen molar-refractivity contribution in [1.29, 1.82) is 0 Å². The Kier molecular flexibility index (Phi) is 5.92. The number of hydrogen-bond donors (Lipinski definition) is 1. The molecule has 1 atom stereocenters. The van der Waals surface area contributed by atoms with Gasteiger partial charge in [0.05, 0.1) is 5.25 Å². The van der Waals surface area contributed by atoms with Crippen LogP contribution >= 0.6 is 12.6 Å². The summed E-state index contributed by atoms with van der Waals surface area (Å²) in [6.45, 7) is 6.99. The van der Waals surface area contributed by atoms with Gasteiger partial charge in [-0.05, 0) is 24.9 Å². The molecular formula is C16H24N2OS. The molecule has 0 spiro atoms. The van der Waals surface area contributed by atoms with Crippen molar-refractivity contribution in [2.45, 2.75) is 25.0 Å². The zero-order chi connectivity index (χ0) is 14.4. The van der Waals surface area contributed by atoms with E-state index < -0.39 is 0 Å². The molecule has 1 saturated heterocycles. The lowest BCUT2D eigenvalue weighted by Crippen LogP contribution is -2.51. The lowest BCUT2D eigenvalue weighted by Gasteiger charge is -2.35. The fourth-order valence-corrected chi connectivity index (χ4v) is 3.02. The van der Waals surface area contributed by atoms with E-state index in [1.54, 1.807) is 0 Å². The summed E-state index contributed by atoms with van der Waals surface area (Å²) >= 11 is 4.51. The monoisotopic (exact) mass is 292 g/mol. The summed E-state index contributed by atoms with van der Waals surface area (Å²) < 4.78 is 0. The van der Waals surface area contributed by atoms with Crippen molar-refractivity contribution in [2.75, 3.05) is 32.7 Å². The van der Waals surface area contributed by atoms with Gasteiger partial charge in [0, 0.05) is 26.2 Å². The number of carbonyl (C=O) groups excluding carboxylic acids is 1. The number of thiol groups is 1. The van der Waals surface area contributed by atoms with Crippen LogP contribution in [-0.2, 0) is 11.2 Å². The van der Waals surface area contributed by atoms with Gasteiger partial charge in [-0.3, -0.25) is 9.69 Å². The second-order valence-corrected chi connectivity index (χ2v) is 6.00. The van der Waals surface area contributed by atoms with Crippen LogP contribution in [-0.4, -0.2) is 53.7 Å². The third-order valence-corrected chi connectivity index (χ3v) is 4.18. The van der Waals surface area contributed by atoms with Gasteiger partial charge in [-0.15, -0.1) is 0 Å². The molecule has 1 amide bonds. The number of carbonyl (C=O) groups is 1. The highest BCUT2D eigenvalue weighted by Gasteiger charge is 2.25. The van der Waals surface area contributed by atoms with Crippen molar-refractivity contribution in [1.82, 2.24) is 9.80 Å². The first-order chi connectivity index (χ1) is 9.70. The molecule has 3 nitrogen and oxygen atoms in total. The standard InChI is InChI=1S/C16H24N2OS/c1-2-8-17-9-11-18(12-10-17)16(19)15(20)13-14-6-4-3-5-7-14/h3-7,15,20H,2,8-13H2,1H3. The third kappa shape index (κ3) is 4.25. The number of amides is 1. The zero-order valence-electron chi connectivity index (χ0n) is 12.2. The van der Waals surface area contributed by atoms with Crippen LogP contribution in [0, 0.1) is 0 Å². The minimum atomic E-state index is -0.227. The van der Waals surface area contributed by atoms with Crippen molar-refractivity contribution in [3.05, 3.63) is 35.9 Å². The molecule has 1 aliphatic rings. The van der Waals surface area contributed by atoms with Crippen LogP contribution in [0.1, 0.15) is 18.9 Å². The lowest BCUT2D eigenvalue weighted by molar-refractivity contribution is -0.132. The molecule has 4 heteroatoms. The molecule has 0 radical (unpaired) electrons. The zero-order valence-corrected chi connectivity index (χ0v) is 13.1. The summed E-state index contributed by atoms with van der Waals surface area (Å²) in [6.07, 6.45) is 1.88. The molecule has 1 unspecified atom stereocenters. The minimum Gasteiger partial charge on any atom is -0.339 e. The Morgan fingerprint density at radius 2 is 1.85 bits per heavy atom. The van der Waals surface area contributed by atoms with Crippen LogP contribution in [0.3, 0.4) is 0 Å². The normalized spacial score (nSPS) is 18.0. The quantitative estimate of drug-likeness (QED) is 0.840. The molecule has 0 aliphatic carbocycles. The first-order valence-electron chi connectivity index (χ1n) is 7.44. The fraction of sp³-hybridized carbons (Fsp3) is 0.562. The Hall–Kier alpha value is -1.00. The average Bonchev–Trinajstić information content (AvgIpc) is 2.48. The maximum Gasteiger partial charge on any atom is 0.235 e. The van der Waals surface area contributed by atoms with Gasteiger partial charge >= 0.3 is 0 Å². The van der Waals surface area contributed by atoms with E-state index in [-0.39, 0.29) is 11.2 Å². The van der Waals surface area contributed by atoms with E-state index >= 15 is 0 Å². The second-order valence-electron chi connectivity index (χ2n) is 5.37.